The first-order valence-electron chi connectivity index (χ1n) is 18.7. The van der Waals surface area contributed by atoms with Crippen LogP contribution < -0.4 is 0 Å². The first-order chi connectivity index (χ1) is 27.7. The minimum atomic E-state index is 0.572. The van der Waals surface area contributed by atoms with Crippen LogP contribution in [0.25, 0.3) is 110 Å². The van der Waals surface area contributed by atoms with Crippen LogP contribution in [0.3, 0.4) is 0 Å². The van der Waals surface area contributed by atoms with Crippen molar-refractivity contribution in [3.63, 3.8) is 0 Å². The van der Waals surface area contributed by atoms with Crippen molar-refractivity contribution in [3.8, 4) is 67.5 Å². The molecule has 0 amide bonds. The maximum absolute atomic E-state index is 6.47. The second-order valence-corrected chi connectivity index (χ2v) is 15.0. The Morgan fingerprint density at radius 3 is 1.73 bits per heavy atom. The van der Waals surface area contributed by atoms with Crippen molar-refractivity contribution in [3.05, 3.63) is 188 Å². The summed E-state index contributed by atoms with van der Waals surface area (Å²) in [6.07, 6.45) is 0. The number of furan rings is 1. The molecule has 0 aliphatic heterocycles. The normalized spacial score (nSPS) is 11.6. The number of aromatic nitrogens is 3. The highest BCUT2D eigenvalue weighted by Crippen LogP contribution is 2.43. The van der Waals surface area contributed by atoms with Crippen molar-refractivity contribution < 1.29 is 4.42 Å². The zero-order chi connectivity index (χ0) is 37.0. The van der Waals surface area contributed by atoms with Crippen molar-refractivity contribution in [2.75, 3.05) is 0 Å². The van der Waals surface area contributed by atoms with Crippen LogP contribution in [-0.4, -0.2) is 15.0 Å². The largest absolute Gasteiger partial charge is 0.455 e. The van der Waals surface area contributed by atoms with Gasteiger partial charge in [-0.3, -0.25) is 0 Å². The molecule has 0 saturated heterocycles. The minimum Gasteiger partial charge on any atom is -0.455 e. The van der Waals surface area contributed by atoms with E-state index in [-0.39, 0.29) is 0 Å². The monoisotopic (exact) mass is 733 g/mol. The Balaban J connectivity index is 1.10. The van der Waals surface area contributed by atoms with Crippen molar-refractivity contribution in [1.82, 2.24) is 15.0 Å². The van der Waals surface area contributed by atoms with Crippen LogP contribution in [0.1, 0.15) is 0 Å². The predicted molar refractivity (Wildman–Crippen MR) is 233 cm³/mol. The number of thiophene rings is 1. The van der Waals surface area contributed by atoms with Gasteiger partial charge in [0.15, 0.2) is 17.5 Å². The number of para-hydroxylation sites is 2. The molecule has 0 atom stereocenters. The van der Waals surface area contributed by atoms with Crippen LogP contribution in [0.15, 0.2) is 192 Å². The van der Waals surface area contributed by atoms with Gasteiger partial charge in [-0.25, -0.2) is 15.0 Å². The molecule has 0 fully saturated rings. The first kappa shape index (κ1) is 32.2. The SMILES string of the molecule is c1ccc(-c2cccc(-c3ccccc3-c3ccc4sc5cccc(-c6nc(-c7ccccc7)nc(-c7cccc8c7oc7ccccc78)n6)c5c4c3)c2)cc1. The second kappa shape index (κ2) is 13.3. The Morgan fingerprint density at radius 1 is 0.339 bits per heavy atom. The Hall–Kier alpha value is -7.21. The maximum atomic E-state index is 6.47. The average Bonchev–Trinajstić information content (AvgIpc) is 3.85. The van der Waals surface area contributed by atoms with E-state index in [4.69, 9.17) is 19.4 Å². The van der Waals surface area contributed by atoms with Gasteiger partial charge in [-0.05, 0) is 69.8 Å². The highest BCUT2D eigenvalue weighted by atomic mass is 32.1. The second-order valence-electron chi connectivity index (χ2n) is 13.9. The van der Waals surface area contributed by atoms with Crippen LogP contribution in [-0.2, 0) is 0 Å². The number of rotatable bonds is 6. The Bertz CT molecular complexity index is 3260. The lowest BCUT2D eigenvalue weighted by Crippen LogP contribution is -2.00. The summed E-state index contributed by atoms with van der Waals surface area (Å²) < 4.78 is 8.87. The third-order valence-electron chi connectivity index (χ3n) is 10.6. The molecule has 0 saturated carbocycles. The van der Waals surface area contributed by atoms with E-state index < -0.39 is 0 Å². The van der Waals surface area contributed by atoms with Gasteiger partial charge >= 0.3 is 0 Å². The summed E-state index contributed by atoms with van der Waals surface area (Å²) in [4.78, 5) is 15.5. The van der Waals surface area contributed by atoms with Gasteiger partial charge in [-0.1, -0.05) is 152 Å². The fraction of sp³-hybridized carbons (Fsp3) is 0. The van der Waals surface area contributed by atoms with E-state index in [2.05, 4.69) is 133 Å². The van der Waals surface area contributed by atoms with E-state index in [0.717, 1.165) is 49.6 Å². The summed E-state index contributed by atoms with van der Waals surface area (Å²) in [6, 6.07) is 65.8. The number of fused-ring (bicyclic) bond motifs is 6. The summed E-state index contributed by atoms with van der Waals surface area (Å²) in [7, 11) is 0. The number of hydrogen-bond acceptors (Lipinski definition) is 5. The lowest BCUT2D eigenvalue weighted by atomic mass is 9.92. The van der Waals surface area contributed by atoms with Crippen molar-refractivity contribution in [2.24, 2.45) is 0 Å². The molecule has 8 aromatic carbocycles. The van der Waals surface area contributed by atoms with Crippen LogP contribution in [0.4, 0.5) is 0 Å². The highest BCUT2D eigenvalue weighted by Gasteiger charge is 2.20. The molecule has 5 heteroatoms. The third-order valence-corrected chi connectivity index (χ3v) is 11.7. The van der Waals surface area contributed by atoms with Gasteiger partial charge in [0, 0.05) is 42.1 Å². The standard InChI is InChI=1S/C51H31N3OS/c1-3-14-32(15-4-1)34-18-11-19-35(30-34)37-20-7-8-21-38(37)36-28-29-45-43(31-36)47-41(24-13-27-46(47)56-45)50-52-49(33-16-5-2-6-17-33)53-51(54-50)42-25-12-23-40-39-22-9-10-26-44(39)55-48(40)42/h1-31H. The molecule has 0 N–H and O–H groups in total. The summed E-state index contributed by atoms with van der Waals surface area (Å²) in [6.45, 7) is 0. The van der Waals surface area contributed by atoms with E-state index in [1.165, 1.54) is 42.6 Å². The molecule has 0 spiro atoms. The van der Waals surface area contributed by atoms with Crippen molar-refractivity contribution >= 4 is 53.4 Å². The van der Waals surface area contributed by atoms with Gasteiger partial charge < -0.3 is 4.42 Å². The minimum absolute atomic E-state index is 0.572. The maximum Gasteiger partial charge on any atom is 0.167 e. The van der Waals surface area contributed by atoms with Crippen molar-refractivity contribution in [1.29, 1.82) is 0 Å². The zero-order valence-electron chi connectivity index (χ0n) is 30.1. The fourth-order valence-corrected chi connectivity index (χ4v) is 9.03. The molecule has 262 valence electrons. The molecule has 0 radical (unpaired) electrons. The molecular formula is C51H31N3OS. The summed E-state index contributed by atoms with van der Waals surface area (Å²) in [5.74, 6) is 1.81. The van der Waals surface area contributed by atoms with Gasteiger partial charge in [0.25, 0.3) is 0 Å². The number of benzene rings is 8. The quantitative estimate of drug-likeness (QED) is 0.171. The van der Waals surface area contributed by atoms with E-state index >= 15 is 0 Å². The van der Waals surface area contributed by atoms with Crippen LogP contribution in [0.5, 0.6) is 0 Å². The summed E-state index contributed by atoms with van der Waals surface area (Å²) >= 11 is 1.79. The molecule has 0 unspecified atom stereocenters. The lowest BCUT2D eigenvalue weighted by Gasteiger charge is -2.12. The van der Waals surface area contributed by atoms with Crippen molar-refractivity contribution in [2.45, 2.75) is 0 Å². The molecule has 3 heterocycles. The third kappa shape index (κ3) is 5.48. The summed E-state index contributed by atoms with van der Waals surface area (Å²) in [5.41, 5.74) is 11.4. The molecule has 11 rings (SSSR count). The fourth-order valence-electron chi connectivity index (χ4n) is 7.92. The molecule has 0 aliphatic rings. The average molecular weight is 734 g/mol. The van der Waals surface area contributed by atoms with Crippen LogP contribution in [0.2, 0.25) is 0 Å². The molecule has 11 aromatic rings. The van der Waals surface area contributed by atoms with E-state index in [9.17, 15) is 0 Å². The lowest BCUT2D eigenvalue weighted by molar-refractivity contribution is 0.669. The predicted octanol–water partition coefficient (Wildman–Crippen LogP) is 14.1. The Kier molecular flexibility index (Phi) is 7.64. The van der Waals surface area contributed by atoms with E-state index in [1.807, 2.05) is 54.6 Å². The van der Waals surface area contributed by atoms with E-state index in [0.29, 0.717) is 17.5 Å². The molecular weight excluding hydrogens is 703 g/mol. The zero-order valence-corrected chi connectivity index (χ0v) is 30.9. The molecule has 3 aromatic heterocycles. The number of hydrogen-bond donors (Lipinski definition) is 0. The molecule has 56 heavy (non-hydrogen) atoms. The molecule has 0 aliphatic carbocycles. The molecule has 0 bridgehead atoms. The molecule has 4 nitrogen and oxygen atoms in total. The Labute approximate surface area is 327 Å². The van der Waals surface area contributed by atoms with Gasteiger partial charge in [0.2, 0.25) is 0 Å². The van der Waals surface area contributed by atoms with Gasteiger partial charge in [-0.15, -0.1) is 11.3 Å². The highest BCUT2D eigenvalue weighted by molar-refractivity contribution is 7.26. The van der Waals surface area contributed by atoms with Crippen LogP contribution >= 0.6 is 11.3 Å². The number of nitrogens with zero attached hydrogens (tertiary/aromatic N) is 3. The summed E-state index contributed by atoms with van der Waals surface area (Å²) in [5, 5.41) is 4.41. The van der Waals surface area contributed by atoms with Gasteiger partial charge in [-0.2, -0.15) is 0 Å². The Morgan fingerprint density at radius 2 is 0.911 bits per heavy atom. The smallest absolute Gasteiger partial charge is 0.167 e. The van der Waals surface area contributed by atoms with Gasteiger partial charge in [0.1, 0.15) is 11.2 Å². The van der Waals surface area contributed by atoms with E-state index in [1.54, 1.807) is 11.3 Å². The van der Waals surface area contributed by atoms with Gasteiger partial charge in [0.05, 0.1) is 5.56 Å². The first-order valence-corrected chi connectivity index (χ1v) is 19.5. The van der Waals surface area contributed by atoms with Crippen LogP contribution in [0, 0.1) is 0 Å². The topological polar surface area (TPSA) is 51.8 Å².